The fourth-order valence-electron chi connectivity index (χ4n) is 2.42. The summed E-state index contributed by atoms with van der Waals surface area (Å²) >= 11 is 0. The predicted octanol–water partition coefficient (Wildman–Crippen LogP) is 3.93. The second kappa shape index (κ2) is 6.79. The Labute approximate surface area is 111 Å². The fourth-order valence-corrected chi connectivity index (χ4v) is 2.42. The van der Waals surface area contributed by atoms with Gasteiger partial charge in [-0.15, -0.1) is 0 Å². The minimum atomic E-state index is 0.431. The summed E-state index contributed by atoms with van der Waals surface area (Å²) in [6, 6.07) is 8.87. The molecule has 1 aliphatic carbocycles. The zero-order valence-electron chi connectivity index (χ0n) is 11.6. The van der Waals surface area contributed by atoms with Gasteiger partial charge in [0.05, 0.1) is 6.61 Å². The number of benzene rings is 1. The second-order valence-electron chi connectivity index (χ2n) is 5.26. The lowest BCUT2D eigenvalue weighted by molar-refractivity contribution is 0.288. The molecule has 0 aliphatic heterocycles. The van der Waals surface area contributed by atoms with Crippen LogP contribution >= 0.6 is 0 Å². The van der Waals surface area contributed by atoms with Crippen molar-refractivity contribution >= 4 is 0 Å². The summed E-state index contributed by atoms with van der Waals surface area (Å²) in [6.45, 7) is 6.11. The number of ether oxygens (including phenoxy) is 1. The van der Waals surface area contributed by atoms with Crippen molar-refractivity contribution in [1.82, 2.24) is 5.32 Å². The summed E-state index contributed by atoms with van der Waals surface area (Å²) in [7, 11) is 0. The molecule has 2 rings (SSSR count). The molecule has 0 spiro atoms. The van der Waals surface area contributed by atoms with E-state index in [1.54, 1.807) is 0 Å². The van der Waals surface area contributed by atoms with Crippen molar-refractivity contribution in [3.05, 3.63) is 29.8 Å². The van der Waals surface area contributed by atoms with Crippen molar-refractivity contribution in [2.75, 3.05) is 13.2 Å². The normalized spacial score (nSPS) is 17.2. The topological polar surface area (TPSA) is 21.3 Å². The van der Waals surface area contributed by atoms with Crippen LogP contribution in [0.25, 0.3) is 0 Å². The van der Waals surface area contributed by atoms with Crippen LogP contribution in [0.3, 0.4) is 0 Å². The van der Waals surface area contributed by atoms with Gasteiger partial charge in [-0.3, -0.25) is 0 Å². The number of rotatable bonds is 7. The Morgan fingerprint density at radius 2 is 2.00 bits per heavy atom. The van der Waals surface area contributed by atoms with Gasteiger partial charge in [0.1, 0.15) is 5.75 Å². The van der Waals surface area contributed by atoms with E-state index in [0.29, 0.717) is 6.04 Å². The lowest BCUT2D eigenvalue weighted by Crippen LogP contribution is -2.24. The number of hydrogen-bond donors (Lipinski definition) is 1. The Bertz CT molecular complexity index is 343. The van der Waals surface area contributed by atoms with Crippen molar-refractivity contribution < 1.29 is 4.74 Å². The van der Waals surface area contributed by atoms with Gasteiger partial charge in [0.15, 0.2) is 0 Å². The average Bonchev–Trinajstić information content (AvgIpc) is 2.33. The molecule has 18 heavy (non-hydrogen) atoms. The van der Waals surface area contributed by atoms with E-state index in [-0.39, 0.29) is 0 Å². The van der Waals surface area contributed by atoms with Crippen LogP contribution in [0.4, 0.5) is 0 Å². The van der Waals surface area contributed by atoms with Gasteiger partial charge in [-0.25, -0.2) is 0 Å². The summed E-state index contributed by atoms with van der Waals surface area (Å²) in [5.41, 5.74) is 1.34. The largest absolute Gasteiger partial charge is 0.494 e. The number of hydrogen-bond acceptors (Lipinski definition) is 2. The molecule has 0 amide bonds. The summed E-state index contributed by atoms with van der Waals surface area (Å²) in [5, 5.41) is 3.61. The first-order valence-electron chi connectivity index (χ1n) is 7.25. The molecule has 2 heteroatoms. The summed E-state index contributed by atoms with van der Waals surface area (Å²) in [4.78, 5) is 0. The molecule has 1 saturated carbocycles. The smallest absolute Gasteiger partial charge is 0.119 e. The van der Waals surface area contributed by atoms with Crippen LogP contribution in [-0.2, 0) is 0 Å². The zero-order valence-corrected chi connectivity index (χ0v) is 11.6. The highest BCUT2D eigenvalue weighted by atomic mass is 16.5. The minimum absolute atomic E-state index is 0.431. The molecule has 1 N–H and O–H groups in total. The van der Waals surface area contributed by atoms with Gasteiger partial charge < -0.3 is 10.1 Å². The SMILES string of the molecule is CCOc1ccc(C(C)NCCC2CCC2)cc1. The Morgan fingerprint density at radius 3 is 2.56 bits per heavy atom. The first-order chi connectivity index (χ1) is 8.79. The highest BCUT2D eigenvalue weighted by Crippen LogP contribution is 2.29. The molecule has 0 heterocycles. The molecule has 0 saturated heterocycles. The lowest BCUT2D eigenvalue weighted by atomic mass is 9.83. The molecule has 0 aromatic heterocycles. The van der Waals surface area contributed by atoms with Crippen LogP contribution in [0.15, 0.2) is 24.3 Å². The second-order valence-corrected chi connectivity index (χ2v) is 5.26. The third-order valence-corrected chi connectivity index (χ3v) is 3.92. The molecule has 0 radical (unpaired) electrons. The van der Waals surface area contributed by atoms with E-state index in [2.05, 4.69) is 36.5 Å². The first-order valence-corrected chi connectivity index (χ1v) is 7.25. The van der Waals surface area contributed by atoms with Gasteiger partial charge in [0.25, 0.3) is 0 Å². The molecule has 0 bridgehead atoms. The van der Waals surface area contributed by atoms with Crippen molar-refractivity contribution in [3.63, 3.8) is 0 Å². The molecule has 1 aliphatic rings. The van der Waals surface area contributed by atoms with Crippen LogP contribution in [0.1, 0.15) is 51.1 Å². The van der Waals surface area contributed by atoms with Crippen LogP contribution < -0.4 is 10.1 Å². The monoisotopic (exact) mass is 247 g/mol. The Kier molecular flexibility index (Phi) is 5.06. The first kappa shape index (κ1) is 13.4. The van der Waals surface area contributed by atoms with E-state index in [1.165, 1.54) is 31.2 Å². The van der Waals surface area contributed by atoms with E-state index in [0.717, 1.165) is 24.8 Å². The van der Waals surface area contributed by atoms with Crippen molar-refractivity contribution in [3.8, 4) is 5.75 Å². The number of nitrogens with one attached hydrogen (secondary N) is 1. The van der Waals surface area contributed by atoms with Gasteiger partial charge in [-0.05, 0) is 50.4 Å². The van der Waals surface area contributed by atoms with E-state index in [9.17, 15) is 0 Å². The van der Waals surface area contributed by atoms with Gasteiger partial charge in [-0.2, -0.15) is 0 Å². The molecule has 1 unspecified atom stereocenters. The zero-order chi connectivity index (χ0) is 12.8. The Balaban J connectivity index is 1.74. The van der Waals surface area contributed by atoms with Gasteiger partial charge in [-0.1, -0.05) is 31.4 Å². The molecule has 1 fully saturated rings. The maximum absolute atomic E-state index is 5.45. The highest BCUT2D eigenvalue weighted by molar-refractivity contribution is 5.28. The summed E-state index contributed by atoms with van der Waals surface area (Å²) in [5.74, 6) is 1.95. The van der Waals surface area contributed by atoms with Gasteiger partial charge in [0, 0.05) is 6.04 Å². The van der Waals surface area contributed by atoms with E-state index in [1.807, 2.05) is 6.92 Å². The standard InChI is InChI=1S/C16H25NO/c1-3-18-16-9-7-15(8-10-16)13(2)17-12-11-14-5-4-6-14/h7-10,13-14,17H,3-6,11-12H2,1-2H3. The maximum atomic E-state index is 5.45. The van der Waals surface area contributed by atoms with E-state index in [4.69, 9.17) is 4.74 Å². The highest BCUT2D eigenvalue weighted by Gasteiger charge is 2.16. The molecular formula is C16H25NO. The quantitative estimate of drug-likeness (QED) is 0.788. The van der Waals surface area contributed by atoms with Crippen LogP contribution in [0.2, 0.25) is 0 Å². The molecule has 100 valence electrons. The predicted molar refractivity (Wildman–Crippen MR) is 76.0 cm³/mol. The average molecular weight is 247 g/mol. The van der Waals surface area contributed by atoms with E-state index < -0.39 is 0 Å². The summed E-state index contributed by atoms with van der Waals surface area (Å²) < 4.78 is 5.45. The van der Waals surface area contributed by atoms with Crippen molar-refractivity contribution in [2.45, 2.75) is 45.6 Å². The van der Waals surface area contributed by atoms with Crippen LogP contribution in [-0.4, -0.2) is 13.2 Å². The van der Waals surface area contributed by atoms with Gasteiger partial charge >= 0.3 is 0 Å². The lowest BCUT2D eigenvalue weighted by Gasteiger charge is -2.26. The van der Waals surface area contributed by atoms with Crippen molar-refractivity contribution in [2.24, 2.45) is 5.92 Å². The maximum Gasteiger partial charge on any atom is 0.119 e. The molecule has 1 aromatic carbocycles. The summed E-state index contributed by atoms with van der Waals surface area (Å²) in [6.07, 6.45) is 5.67. The van der Waals surface area contributed by atoms with Crippen LogP contribution in [0.5, 0.6) is 5.75 Å². The van der Waals surface area contributed by atoms with Gasteiger partial charge in [0.2, 0.25) is 0 Å². The molecule has 1 atom stereocenters. The third kappa shape index (κ3) is 3.74. The fraction of sp³-hybridized carbons (Fsp3) is 0.625. The van der Waals surface area contributed by atoms with Crippen LogP contribution in [0, 0.1) is 5.92 Å². The van der Waals surface area contributed by atoms with Crippen molar-refractivity contribution in [1.29, 1.82) is 0 Å². The molecule has 2 nitrogen and oxygen atoms in total. The Morgan fingerprint density at radius 1 is 1.28 bits per heavy atom. The van der Waals surface area contributed by atoms with E-state index >= 15 is 0 Å². The molecular weight excluding hydrogens is 222 g/mol. The Hall–Kier alpha value is -1.02. The minimum Gasteiger partial charge on any atom is -0.494 e. The third-order valence-electron chi connectivity index (χ3n) is 3.92. The molecule has 1 aromatic rings.